The quantitative estimate of drug-likeness (QED) is 0.658. The van der Waals surface area contributed by atoms with E-state index in [-0.39, 0.29) is 5.91 Å². The van der Waals surface area contributed by atoms with Crippen LogP contribution in [0.15, 0.2) is 29.4 Å². The highest BCUT2D eigenvalue weighted by Gasteiger charge is 2.07. The highest BCUT2D eigenvalue weighted by molar-refractivity contribution is 7.99. The predicted octanol–water partition coefficient (Wildman–Crippen LogP) is 4.18. The van der Waals surface area contributed by atoms with Crippen molar-refractivity contribution in [2.75, 3.05) is 11.1 Å². The van der Waals surface area contributed by atoms with Crippen LogP contribution in [0.4, 0.5) is 5.69 Å². The van der Waals surface area contributed by atoms with Gasteiger partial charge >= 0.3 is 0 Å². The molecule has 0 aliphatic rings. The van der Waals surface area contributed by atoms with Gasteiger partial charge in [0.1, 0.15) is 0 Å². The SMILES string of the molecule is Cc1cc(C)nc(SCCC(=O)Nc2cc(Cl)ccc2C)n1. The van der Waals surface area contributed by atoms with Gasteiger partial charge in [0.05, 0.1) is 0 Å². The third-order valence-corrected chi connectivity index (χ3v) is 4.08. The molecule has 1 amide bonds. The summed E-state index contributed by atoms with van der Waals surface area (Å²) in [4.78, 5) is 20.7. The third-order valence-electron chi connectivity index (χ3n) is 3.00. The van der Waals surface area contributed by atoms with Gasteiger partial charge in [-0.25, -0.2) is 9.97 Å². The molecule has 116 valence electrons. The number of carbonyl (C=O) groups excluding carboxylic acids is 1. The molecule has 0 radical (unpaired) electrons. The lowest BCUT2D eigenvalue weighted by Crippen LogP contribution is -2.13. The fraction of sp³-hybridized carbons (Fsp3) is 0.312. The average Bonchev–Trinajstić information content (AvgIpc) is 2.42. The number of carbonyl (C=O) groups is 1. The molecule has 0 bridgehead atoms. The molecule has 0 atom stereocenters. The number of benzene rings is 1. The van der Waals surface area contributed by atoms with Gasteiger partial charge in [0, 0.05) is 34.3 Å². The monoisotopic (exact) mass is 335 g/mol. The van der Waals surface area contributed by atoms with Gasteiger partial charge in [0.25, 0.3) is 0 Å². The van der Waals surface area contributed by atoms with E-state index < -0.39 is 0 Å². The summed E-state index contributed by atoms with van der Waals surface area (Å²) in [5.41, 5.74) is 3.62. The minimum absolute atomic E-state index is 0.0396. The van der Waals surface area contributed by atoms with Crippen molar-refractivity contribution in [2.24, 2.45) is 0 Å². The van der Waals surface area contributed by atoms with Gasteiger partial charge in [-0.05, 0) is 44.5 Å². The normalized spacial score (nSPS) is 10.5. The Kier molecular flexibility index (Phi) is 5.80. The van der Waals surface area contributed by atoms with Crippen molar-refractivity contribution in [3.05, 3.63) is 46.2 Å². The first-order chi connectivity index (χ1) is 10.4. The van der Waals surface area contributed by atoms with Crippen LogP contribution in [0.1, 0.15) is 23.4 Å². The summed E-state index contributed by atoms with van der Waals surface area (Å²) >= 11 is 7.43. The Labute approximate surface area is 139 Å². The molecule has 1 heterocycles. The standard InChI is InChI=1S/C16H18ClN3OS/c1-10-4-5-13(17)9-14(10)20-15(21)6-7-22-16-18-11(2)8-12(3)19-16/h4-5,8-9H,6-7H2,1-3H3,(H,20,21). The number of amides is 1. The maximum absolute atomic E-state index is 12.0. The first-order valence-electron chi connectivity index (χ1n) is 6.95. The average molecular weight is 336 g/mol. The predicted molar refractivity (Wildman–Crippen MR) is 91.7 cm³/mol. The van der Waals surface area contributed by atoms with Crippen LogP contribution in [0, 0.1) is 20.8 Å². The summed E-state index contributed by atoms with van der Waals surface area (Å²) in [5, 5.41) is 4.20. The number of anilines is 1. The van der Waals surface area contributed by atoms with Crippen molar-refractivity contribution in [1.82, 2.24) is 9.97 Å². The Morgan fingerprint density at radius 1 is 1.18 bits per heavy atom. The fourth-order valence-corrected chi connectivity index (χ4v) is 2.99. The second kappa shape index (κ2) is 7.61. The fourth-order valence-electron chi connectivity index (χ4n) is 1.93. The molecule has 22 heavy (non-hydrogen) atoms. The zero-order valence-electron chi connectivity index (χ0n) is 12.8. The summed E-state index contributed by atoms with van der Waals surface area (Å²) < 4.78 is 0. The largest absolute Gasteiger partial charge is 0.326 e. The number of thioether (sulfide) groups is 1. The van der Waals surface area contributed by atoms with E-state index in [4.69, 9.17) is 11.6 Å². The van der Waals surface area contributed by atoms with Crippen molar-refractivity contribution in [3.8, 4) is 0 Å². The Morgan fingerprint density at radius 3 is 2.55 bits per heavy atom. The zero-order chi connectivity index (χ0) is 16.1. The van der Waals surface area contributed by atoms with Crippen LogP contribution >= 0.6 is 23.4 Å². The molecule has 0 unspecified atom stereocenters. The Hall–Kier alpha value is -1.59. The van der Waals surface area contributed by atoms with Crippen LogP contribution in [0.2, 0.25) is 5.02 Å². The Bertz CT molecular complexity index is 671. The van der Waals surface area contributed by atoms with Crippen LogP contribution in [0.25, 0.3) is 0 Å². The highest BCUT2D eigenvalue weighted by Crippen LogP contribution is 2.21. The minimum Gasteiger partial charge on any atom is -0.326 e. The molecule has 0 spiro atoms. The molecular weight excluding hydrogens is 318 g/mol. The number of nitrogens with zero attached hydrogens (tertiary/aromatic N) is 2. The Balaban J connectivity index is 1.86. The minimum atomic E-state index is -0.0396. The van der Waals surface area contributed by atoms with E-state index in [1.54, 1.807) is 12.1 Å². The van der Waals surface area contributed by atoms with Crippen molar-refractivity contribution < 1.29 is 4.79 Å². The van der Waals surface area contributed by atoms with E-state index in [2.05, 4.69) is 15.3 Å². The maximum Gasteiger partial charge on any atom is 0.225 e. The third kappa shape index (κ3) is 5.00. The second-order valence-electron chi connectivity index (χ2n) is 5.04. The lowest BCUT2D eigenvalue weighted by atomic mass is 10.2. The topological polar surface area (TPSA) is 54.9 Å². The Morgan fingerprint density at radius 2 is 1.86 bits per heavy atom. The van der Waals surface area contributed by atoms with E-state index >= 15 is 0 Å². The first-order valence-corrected chi connectivity index (χ1v) is 8.31. The van der Waals surface area contributed by atoms with E-state index in [9.17, 15) is 4.79 Å². The van der Waals surface area contributed by atoms with Crippen LogP contribution in [-0.2, 0) is 4.79 Å². The summed E-state index contributed by atoms with van der Waals surface area (Å²) in [5.74, 6) is 0.594. The van der Waals surface area contributed by atoms with Crippen LogP contribution in [0.5, 0.6) is 0 Å². The van der Waals surface area contributed by atoms with Crippen LogP contribution in [0.3, 0.4) is 0 Å². The molecule has 1 aromatic carbocycles. The van der Waals surface area contributed by atoms with Gasteiger partial charge in [0.15, 0.2) is 5.16 Å². The summed E-state index contributed by atoms with van der Waals surface area (Å²) in [6, 6.07) is 7.38. The van der Waals surface area contributed by atoms with E-state index in [1.165, 1.54) is 11.8 Å². The molecule has 2 rings (SSSR count). The number of nitrogens with one attached hydrogen (secondary N) is 1. The van der Waals surface area contributed by atoms with Gasteiger partial charge in [-0.15, -0.1) is 0 Å². The molecule has 0 aliphatic heterocycles. The number of halogens is 1. The van der Waals surface area contributed by atoms with Crippen molar-refractivity contribution in [2.45, 2.75) is 32.3 Å². The van der Waals surface area contributed by atoms with Gasteiger partial charge in [-0.2, -0.15) is 0 Å². The molecule has 4 nitrogen and oxygen atoms in total. The van der Waals surface area contributed by atoms with Gasteiger partial charge in [0.2, 0.25) is 5.91 Å². The van der Waals surface area contributed by atoms with Crippen LogP contribution in [-0.4, -0.2) is 21.6 Å². The smallest absolute Gasteiger partial charge is 0.225 e. The molecule has 0 saturated carbocycles. The van der Waals surface area contributed by atoms with E-state index in [1.807, 2.05) is 32.9 Å². The molecule has 1 aromatic heterocycles. The van der Waals surface area contributed by atoms with Gasteiger partial charge in [-0.1, -0.05) is 29.4 Å². The molecule has 0 aliphatic carbocycles. The van der Waals surface area contributed by atoms with Crippen molar-refractivity contribution in [1.29, 1.82) is 0 Å². The summed E-state index contributed by atoms with van der Waals surface area (Å²) in [7, 11) is 0. The summed E-state index contributed by atoms with van der Waals surface area (Å²) in [6.07, 6.45) is 0.396. The lowest BCUT2D eigenvalue weighted by molar-refractivity contribution is -0.115. The van der Waals surface area contributed by atoms with E-state index in [0.29, 0.717) is 22.4 Å². The van der Waals surface area contributed by atoms with Gasteiger partial charge in [-0.3, -0.25) is 4.79 Å². The first kappa shape index (κ1) is 16.8. The second-order valence-corrected chi connectivity index (χ2v) is 6.54. The van der Waals surface area contributed by atoms with Crippen molar-refractivity contribution >= 4 is 35.0 Å². The lowest BCUT2D eigenvalue weighted by Gasteiger charge is -2.08. The number of rotatable bonds is 5. The highest BCUT2D eigenvalue weighted by atomic mass is 35.5. The number of aromatic nitrogens is 2. The number of hydrogen-bond donors (Lipinski definition) is 1. The number of hydrogen-bond acceptors (Lipinski definition) is 4. The molecule has 2 aromatic rings. The molecule has 1 N–H and O–H groups in total. The zero-order valence-corrected chi connectivity index (χ0v) is 14.4. The van der Waals surface area contributed by atoms with Gasteiger partial charge < -0.3 is 5.32 Å². The maximum atomic E-state index is 12.0. The molecular formula is C16H18ClN3OS. The summed E-state index contributed by atoms with van der Waals surface area (Å²) in [6.45, 7) is 5.81. The van der Waals surface area contributed by atoms with E-state index in [0.717, 1.165) is 22.6 Å². The number of aryl methyl sites for hydroxylation is 3. The van der Waals surface area contributed by atoms with Crippen molar-refractivity contribution in [3.63, 3.8) is 0 Å². The molecule has 6 heteroatoms. The molecule has 0 fully saturated rings. The van der Waals surface area contributed by atoms with Crippen LogP contribution < -0.4 is 5.32 Å². The molecule has 0 saturated heterocycles.